The van der Waals surface area contributed by atoms with Crippen LogP contribution in [0.2, 0.25) is 0 Å². The molecule has 0 aromatic heterocycles. The number of quaternary nitrogens is 1. The van der Waals surface area contributed by atoms with E-state index in [1.807, 2.05) is 21.1 Å². The summed E-state index contributed by atoms with van der Waals surface area (Å²) in [6, 6.07) is -1.18. The van der Waals surface area contributed by atoms with Crippen molar-refractivity contribution in [1.82, 2.24) is 0 Å². The van der Waals surface area contributed by atoms with Gasteiger partial charge in [0, 0.05) is 12.4 Å². The van der Waals surface area contributed by atoms with Gasteiger partial charge in [0.05, 0.1) is 27.2 Å². The van der Waals surface area contributed by atoms with Gasteiger partial charge in [0.25, 0.3) is 0 Å². The van der Waals surface area contributed by atoms with Gasteiger partial charge in [-0.1, -0.05) is 0 Å². The number of hydrogen-bond acceptors (Lipinski definition) is 6. The van der Waals surface area contributed by atoms with Gasteiger partial charge < -0.3 is 30.0 Å². The molecule has 0 heterocycles. The number of ether oxygens (including phenoxy) is 1. The zero-order valence-corrected chi connectivity index (χ0v) is 11.3. The molecule has 0 saturated carbocycles. The molecule has 0 spiro atoms. The molecule has 0 radical (unpaired) electrons. The lowest BCUT2D eigenvalue weighted by atomic mass is 10.2. The van der Waals surface area contributed by atoms with E-state index in [-0.39, 0.29) is 0 Å². The van der Waals surface area contributed by atoms with Crippen LogP contribution in [-0.2, 0) is 14.3 Å². The molecule has 0 amide bonds. The predicted molar refractivity (Wildman–Crippen MR) is 62.1 cm³/mol. The van der Waals surface area contributed by atoms with Crippen LogP contribution in [0, 0.1) is 0 Å². The molecule has 3 atom stereocenters. The summed E-state index contributed by atoms with van der Waals surface area (Å²) in [5, 5.41) is 19.8. The highest BCUT2D eigenvalue weighted by atomic mass is 16.5. The van der Waals surface area contributed by atoms with Crippen LogP contribution < -0.4 is 10.8 Å². The number of aliphatic hydroxyl groups excluding tert-OH is 1. The second kappa shape index (κ2) is 6.67. The van der Waals surface area contributed by atoms with E-state index >= 15 is 0 Å². The first-order valence-electron chi connectivity index (χ1n) is 5.67. The number of aliphatic hydroxyl groups is 1. The van der Waals surface area contributed by atoms with E-state index in [4.69, 9.17) is 15.6 Å². The van der Waals surface area contributed by atoms with Gasteiger partial charge in [-0.05, 0) is 6.92 Å². The van der Waals surface area contributed by atoms with E-state index in [0.29, 0.717) is 11.0 Å². The summed E-state index contributed by atoms with van der Waals surface area (Å²) in [7, 11) is 5.51. The van der Waals surface area contributed by atoms with Gasteiger partial charge >= 0.3 is 5.97 Å². The minimum atomic E-state index is -1.30. The van der Waals surface area contributed by atoms with Crippen molar-refractivity contribution in [2.24, 2.45) is 5.73 Å². The first kappa shape index (κ1) is 16.8. The van der Waals surface area contributed by atoms with Crippen molar-refractivity contribution in [1.29, 1.82) is 0 Å². The monoisotopic (exact) mass is 262 g/mol. The maximum Gasteiger partial charge on any atom is 0.326 e. The van der Waals surface area contributed by atoms with E-state index in [1.54, 1.807) is 0 Å². The van der Waals surface area contributed by atoms with Crippen molar-refractivity contribution in [3.8, 4) is 0 Å². The third-order valence-corrected chi connectivity index (χ3v) is 2.22. The largest absolute Gasteiger partial charge is 0.550 e. The first-order valence-corrected chi connectivity index (χ1v) is 5.67. The fourth-order valence-electron chi connectivity index (χ4n) is 1.38. The quantitative estimate of drug-likeness (QED) is 0.386. The Morgan fingerprint density at radius 1 is 1.39 bits per heavy atom. The van der Waals surface area contributed by atoms with Gasteiger partial charge in [-0.3, -0.25) is 4.79 Å². The lowest BCUT2D eigenvalue weighted by Gasteiger charge is -2.30. The molecule has 0 aliphatic rings. The summed E-state index contributed by atoms with van der Waals surface area (Å²) >= 11 is 0. The number of carbonyl (C=O) groups is 2. The number of carboxylic acid groups (broad SMARTS) is 1. The number of rotatable bonds is 7. The van der Waals surface area contributed by atoms with Crippen LogP contribution in [0.1, 0.15) is 13.3 Å². The Labute approximate surface area is 107 Å². The molecule has 106 valence electrons. The molecule has 0 fully saturated rings. The molecule has 18 heavy (non-hydrogen) atoms. The Morgan fingerprint density at radius 2 is 1.89 bits per heavy atom. The lowest BCUT2D eigenvalue weighted by Crippen LogP contribution is -2.48. The molecule has 7 nitrogen and oxygen atoms in total. The average molecular weight is 262 g/mol. The molecule has 0 rings (SSSR count). The summed E-state index contributed by atoms with van der Waals surface area (Å²) in [6.45, 7) is 1.67. The number of carbonyl (C=O) groups excluding carboxylic acids is 2. The van der Waals surface area contributed by atoms with E-state index < -0.39 is 36.6 Å². The molecule has 7 heteroatoms. The maximum atomic E-state index is 11.5. The molecule has 0 aromatic rings. The van der Waals surface area contributed by atoms with Crippen molar-refractivity contribution in [3.63, 3.8) is 0 Å². The van der Waals surface area contributed by atoms with E-state index in [2.05, 4.69) is 0 Å². The molecular formula is C11H22N2O5. The summed E-state index contributed by atoms with van der Waals surface area (Å²) in [4.78, 5) is 22.1. The SMILES string of the molecule is C[C@@H](O)[C@H](N)C(=O)O[C@H](CC(=O)[O-])C[N+](C)(C)C. The highest BCUT2D eigenvalue weighted by Gasteiger charge is 2.27. The predicted octanol–water partition coefficient (Wildman–Crippen LogP) is -2.55. The Kier molecular flexibility index (Phi) is 6.23. The second-order valence-corrected chi connectivity index (χ2v) is 5.37. The Balaban J connectivity index is 4.59. The van der Waals surface area contributed by atoms with Crippen molar-refractivity contribution >= 4 is 11.9 Å². The topological polar surface area (TPSA) is 113 Å². The molecule has 0 unspecified atom stereocenters. The van der Waals surface area contributed by atoms with Gasteiger partial charge in [0.15, 0.2) is 6.10 Å². The van der Waals surface area contributed by atoms with Crippen LogP contribution >= 0.6 is 0 Å². The first-order chi connectivity index (χ1) is 8.03. The zero-order valence-electron chi connectivity index (χ0n) is 11.3. The van der Waals surface area contributed by atoms with E-state index in [9.17, 15) is 14.7 Å². The standard InChI is InChI=1S/C11H22N2O5/c1-7(14)10(12)11(17)18-8(5-9(15)16)6-13(2,3)4/h7-8,10,14H,5-6,12H2,1-4H3/t7-,8-,10+/m1/s1. The van der Waals surface area contributed by atoms with Crippen molar-refractivity contribution in [2.45, 2.75) is 31.6 Å². The maximum absolute atomic E-state index is 11.5. The summed E-state index contributed by atoms with van der Waals surface area (Å²) in [5.74, 6) is -2.11. The number of nitrogens with two attached hydrogens (primary N) is 1. The number of carboxylic acids is 1. The summed E-state index contributed by atoms with van der Waals surface area (Å²) < 4.78 is 5.43. The third-order valence-electron chi connectivity index (χ3n) is 2.22. The van der Waals surface area contributed by atoms with Crippen LogP contribution in [-0.4, -0.2) is 67.5 Å². The minimum Gasteiger partial charge on any atom is -0.550 e. The highest BCUT2D eigenvalue weighted by Crippen LogP contribution is 2.06. The number of hydrogen-bond donors (Lipinski definition) is 2. The Bertz CT molecular complexity index is 298. The fraction of sp³-hybridized carbons (Fsp3) is 0.818. The smallest absolute Gasteiger partial charge is 0.326 e. The number of aliphatic carboxylic acids is 1. The van der Waals surface area contributed by atoms with Crippen LogP contribution in [0.15, 0.2) is 0 Å². The van der Waals surface area contributed by atoms with Gasteiger partial charge in [-0.25, -0.2) is 0 Å². The van der Waals surface area contributed by atoms with E-state index in [0.717, 1.165) is 0 Å². The second-order valence-electron chi connectivity index (χ2n) is 5.37. The van der Waals surface area contributed by atoms with Gasteiger partial charge in [-0.2, -0.15) is 0 Å². The number of nitrogens with zero attached hydrogens (tertiary/aromatic N) is 1. The van der Waals surface area contributed by atoms with Crippen molar-refractivity contribution < 1.29 is 29.0 Å². The number of esters is 1. The molecular weight excluding hydrogens is 240 g/mol. The zero-order chi connectivity index (χ0) is 14.5. The molecule has 0 aliphatic carbocycles. The minimum absolute atomic E-state index is 0.312. The Hall–Kier alpha value is -1.18. The highest BCUT2D eigenvalue weighted by molar-refractivity contribution is 5.76. The van der Waals surface area contributed by atoms with E-state index in [1.165, 1.54) is 6.92 Å². The van der Waals surface area contributed by atoms with Crippen LogP contribution in [0.4, 0.5) is 0 Å². The van der Waals surface area contributed by atoms with Gasteiger partial charge in [-0.15, -0.1) is 0 Å². The van der Waals surface area contributed by atoms with Crippen LogP contribution in [0.3, 0.4) is 0 Å². The molecule has 3 N–H and O–H groups in total. The molecule has 0 bridgehead atoms. The van der Waals surface area contributed by atoms with Crippen molar-refractivity contribution in [3.05, 3.63) is 0 Å². The fourth-order valence-corrected chi connectivity index (χ4v) is 1.38. The normalized spacial score (nSPS) is 16.8. The molecule has 0 saturated heterocycles. The summed E-state index contributed by atoms with van der Waals surface area (Å²) in [5.41, 5.74) is 5.41. The third kappa shape index (κ3) is 7.21. The molecule has 0 aromatic carbocycles. The molecule has 0 aliphatic heterocycles. The number of likely N-dealkylation sites (N-methyl/N-ethyl adjacent to an activating group) is 1. The van der Waals surface area contributed by atoms with Crippen molar-refractivity contribution in [2.75, 3.05) is 27.7 Å². The average Bonchev–Trinajstić information content (AvgIpc) is 2.11. The van der Waals surface area contributed by atoms with Gasteiger partial charge in [0.2, 0.25) is 0 Å². The summed E-state index contributed by atoms with van der Waals surface area (Å²) in [6.07, 6.45) is -2.27. The van der Waals surface area contributed by atoms with Crippen LogP contribution in [0.25, 0.3) is 0 Å². The van der Waals surface area contributed by atoms with Crippen LogP contribution in [0.5, 0.6) is 0 Å². The Morgan fingerprint density at radius 3 is 2.22 bits per heavy atom. The lowest BCUT2D eigenvalue weighted by molar-refractivity contribution is -0.873. The van der Waals surface area contributed by atoms with Gasteiger partial charge in [0.1, 0.15) is 12.6 Å².